The van der Waals surface area contributed by atoms with Crippen LogP contribution in [0.2, 0.25) is 0 Å². The number of alkyl halides is 1. The Hall–Kier alpha value is 0.110. The summed E-state index contributed by atoms with van der Waals surface area (Å²) in [5.74, 6) is 0.0449. The molecule has 0 saturated heterocycles. The number of rotatable bonds is 4. The van der Waals surface area contributed by atoms with E-state index in [1.165, 1.54) is 6.92 Å². The van der Waals surface area contributed by atoms with Gasteiger partial charge in [-0.05, 0) is 13.3 Å². The van der Waals surface area contributed by atoms with Gasteiger partial charge >= 0.3 is 0 Å². The Balaban J connectivity index is 3.26. The van der Waals surface area contributed by atoms with E-state index in [1.54, 1.807) is 0 Å². The first-order valence-electron chi connectivity index (χ1n) is 2.90. The van der Waals surface area contributed by atoms with E-state index in [0.29, 0.717) is 6.42 Å². The molecule has 0 radical (unpaired) electrons. The van der Waals surface area contributed by atoms with E-state index in [4.69, 9.17) is 5.11 Å². The molecule has 0 fully saturated rings. The van der Waals surface area contributed by atoms with Crippen LogP contribution in [0.25, 0.3) is 0 Å². The van der Waals surface area contributed by atoms with Gasteiger partial charge in [-0.2, -0.15) is 0 Å². The lowest BCUT2D eigenvalue weighted by molar-refractivity contribution is -0.118. The fraction of sp³-hybridized carbons (Fsp3) is 0.833. The molecule has 0 aromatic rings. The molecule has 0 heterocycles. The minimum atomic E-state index is -0.457. The van der Waals surface area contributed by atoms with Crippen molar-refractivity contribution >= 4 is 21.7 Å². The summed E-state index contributed by atoms with van der Waals surface area (Å²) in [7, 11) is 0. The number of hydrogen-bond acceptors (Lipinski definition) is 2. The maximum absolute atomic E-state index is 10.4. The maximum Gasteiger partial charge on any atom is 0.132 e. The van der Waals surface area contributed by atoms with Crippen molar-refractivity contribution in [3.05, 3.63) is 0 Å². The quantitative estimate of drug-likeness (QED) is 0.682. The second-order valence-electron chi connectivity index (χ2n) is 2.04. The molecular weight excluding hydrogens is 184 g/mol. The van der Waals surface area contributed by atoms with Gasteiger partial charge in [0.15, 0.2) is 0 Å². The van der Waals surface area contributed by atoms with E-state index in [0.717, 1.165) is 5.33 Å². The lowest BCUT2D eigenvalue weighted by Gasteiger charge is -2.03. The van der Waals surface area contributed by atoms with E-state index < -0.39 is 6.10 Å². The standard InChI is InChI=1S/C6H11BrO2/c1-5(8)4-6(9)2-3-7/h6,9H,2-4H2,1H3/t6-/m1/s1. The largest absolute Gasteiger partial charge is 0.393 e. The zero-order chi connectivity index (χ0) is 7.28. The first-order chi connectivity index (χ1) is 4.16. The monoisotopic (exact) mass is 194 g/mol. The Morgan fingerprint density at radius 3 is 2.67 bits per heavy atom. The fourth-order valence-electron chi connectivity index (χ4n) is 0.560. The molecule has 9 heavy (non-hydrogen) atoms. The molecule has 0 aliphatic rings. The van der Waals surface area contributed by atoms with Crippen LogP contribution in [-0.2, 0) is 4.79 Å². The van der Waals surface area contributed by atoms with Crippen LogP contribution in [0.4, 0.5) is 0 Å². The van der Waals surface area contributed by atoms with Crippen LogP contribution in [0.5, 0.6) is 0 Å². The van der Waals surface area contributed by atoms with Crippen LogP contribution in [0.3, 0.4) is 0 Å². The zero-order valence-electron chi connectivity index (χ0n) is 5.43. The molecule has 0 rings (SSSR count). The molecule has 2 nitrogen and oxygen atoms in total. The lowest BCUT2D eigenvalue weighted by Crippen LogP contribution is -2.11. The van der Waals surface area contributed by atoms with Crippen molar-refractivity contribution in [1.29, 1.82) is 0 Å². The summed E-state index contributed by atoms with van der Waals surface area (Å²) in [4.78, 5) is 10.4. The third-order valence-electron chi connectivity index (χ3n) is 0.965. The van der Waals surface area contributed by atoms with Crippen LogP contribution in [0.15, 0.2) is 0 Å². The van der Waals surface area contributed by atoms with Gasteiger partial charge < -0.3 is 5.11 Å². The summed E-state index contributed by atoms with van der Waals surface area (Å²) >= 11 is 3.17. The fourth-order valence-corrected chi connectivity index (χ4v) is 1.09. The van der Waals surface area contributed by atoms with Gasteiger partial charge in [0.25, 0.3) is 0 Å². The number of halogens is 1. The van der Waals surface area contributed by atoms with Crippen LogP contribution in [0.1, 0.15) is 19.8 Å². The minimum absolute atomic E-state index is 0.0449. The van der Waals surface area contributed by atoms with Crippen molar-refractivity contribution in [2.24, 2.45) is 0 Å². The van der Waals surface area contributed by atoms with E-state index in [-0.39, 0.29) is 12.2 Å². The number of hydrogen-bond donors (Lipinski definition) is 1. The predicted molar refractivity (Wildman–Crippen MR) is 39.7 cm³/mol. The highest BCUT2D eigenvalue weighted by Gasteiger charge is 2.04. The average Bonchev–Trinajstić information content (AvgIpc) is 1.63. The second kappa shape index (κ2) is 4.94. The summed E-state index contributed by atoms with van der Waals surface area (Å²) in [5, 5.41) is 9.72. The van der Waals surface area contributed by atoms with Crippen LogP contribution in [0, 0.1) is 0 Å². The van der Waals surface area contributed by atoms with Gasteiger partial charge in [0.1, 0.15) is 5.78 Å². The number of aliphatic hydroxyl groups excluding tert-OH is 1. The molecule has 0 bridgehead atoms. The molecule has 0 aromatic heterocycles. The van der Waals surface area contributed by atoms with Crippen molar-refractivity contribution in [1.82, 2.24) is 0 Å². The summed E-state index contributed by atoms with van der Waals surface area (Å²) in [5.41, 5.74) is 0. The Morgan fingerprint density at radius 1 is 1.78 bits per heavy atom. The van der Waals surface area contributed by atoms with Crippen LogP contribution in [-0.4, -0.2) is 22.3 Å². The smallest absolute Gasteiger partial charge is 0.132 e. The lowest BCUT2D eigenvalue weighted by atomic mass is 10.1. The molecular formula is C6H11BrO2. The first kappa shape index (κ1) is 9.11. The molecule has 0 amide bonds. The summed E-state index contributed by atoms with van der Waals surface area (Å²) in [6.45, 7) is 1.48. The van der Waals surface area contributed by atoms with Crippen molar-refractivity contribution in [3.8, 4) is 0 Å². The summed E-state index contributed by atoms with van der Waals surface area (Å²) in [6, 6.07) is 0. The second-order valence-corrected chi connectivity index (χ2v) is 2.83. The van der Waals surface area contributed by atoms with Crippen molar-refractivity contribution in [2.45, 2.75) is 25.9 Å². The molecule has 1 N–H and O–H groups in total. The van der Waals surface area contributed by atoms with E-state index in [9.17, 15) is 4.79 Å². The van der Waals surface area contributed by atoms with E-state index in [1.807, 2.05) is 0 Å². The molecule has 0 spiro atoms. The Labute approximate surface area is 63.4 Å². The first-order valence-corrected chi connectivity index (χ1v) is 4.02. The van der Waals surface area contributed by atoms with Gasteiger partial charge in [-0.25, -0.2) is 0 Å². The van der Waals surface area contributed by atoms with Crippen LogP contribution < -0.4 is 0 Å². The molecule has 0 unspecified atom stereocenters. The third kappa shape index (κ3) is 5.99. The highest BCUT2D eigenvalue weighted by molar-refractivity contribution is 9.09. The molecule has 3 heteroatoms. The SMILES string of the molecule is CC(=O)C[C@H](O)CCBr. The Kier molecular flexibility index (Phi) is 5.00. The normalized spacial score (nSPS) is 13.2. The number of carbonyl (C=O) groups is 1. The van der Waals surface area contributed by atoms with Gasteiger partial charge in [-0.3, -0.25) is 4.79 Å². The summed E-state index contributed by atoms with van der Waals surface area (Å²) < 4.78 is 0. The average molecular weight is 195 g/mol. The molecule has 0 saturated carbocycles. The summed E-state index contributed by atoms with van der Waals surface area (Å²) in [6.07, 6.45) is 0.479. The van der Waals surface area contributed by atoms with Gasteiger partial charge in [0, 0.05) is 11.8 Å². The van der Waals surface area contributed by atoms with Crippen molar-refractivity contribution < 1.29 is 9.90 Å². The van der Waals surface area contributed by atoms with Crippen molar-refractivity contribution in [2.75, 3.05) is 5.33 Å². The zero-order valence-corrected chi connectivity index (χ0v) is 7.02. The Morgan fingerprint density at radius 2 is 2.33 bits per heavy atom. The van der Waals surface area contributed by atoms with Gasteiger partial charge in [0.2, 0.25) is 0 Å². The molecule has 0 aliphatic carbocycles. The van der Waals surface area contributed by atoms with Crippen molar-refractivity contribution in [3.63, 3.8) is 0 Å². The highest BCUT2D eigenvalue weighted by atomic mass is 79.9. The molecule has 0 aromatic carbocycles. The van der Waals surface area contributed by atoms with E-state index >= 15 is 0 Å². The maximum atomic E-state index is 10.4. The van der Waals surface area contributed by atoms with Gasteiger partial charge in [-0.15, -0.1) is 0 Å². The number of Topliss-reactive ketones (excluding diaryl/α,β-unsaturated/α-hetero) is 1. The topological polar surface area (TPSA) is 37.3 Å². The van der Waals surface area contributed by atoms with Gasteiger partial charge in [-0.1, -0.05) is 15.9 Å². The molecule has 54 valence electrons. The van der Waals surface area contributed by atoms with Crippen LogP contribution >= 0.6 is 15.9 Å². The predicted octanol–water partition coefficient (Wildman–Crippen LogP) is 1.11. The highest BCUT2D eigenvalue weighted by Crippen LogP contribution is 2.00. The molecule has 0 aliphatic heterocycles. The third-order valence-corrected chi connectivity index (χ3v) is 1.42. The Bertz CT molecular complexity index is 93.1. The van der Waals surface area contributed by atoms with Gasteiger partial charge in [0.05, 0.1) is 6.10 Å². The number of ketones is 1. The minimum Gasteiger partial charge on any atom is -0.393 e. The number of carbonyl (C=O) groups excluding carboxylic acids is 1. The van der Waals surface area contributed by atoms with E-state index in [2.05, 4.69) is 15.9 Å². The molecule has 1 atom stereocenters. The number of aliphatic hydroxyl groups is 1.